The van der Waals surface area contributed by atoms with Crippen LogP contribution in [0.5, 0.6) is 0 Å². The van der Waals surface area contributed by atoms with Crippen LogP contribution in [0.25, 0.3) is 10.2 Å². The summed E-state index contributed by atoms with van der Waals surface area (Å²) in [4.78, 5) is 15.9. The van der Waals surface area contributed by atoms with Gasteiger partial charge >= 0.3 is 0 Å². The number of aromatic nitrogens is 3. The van der Waals surface area contributed by atoms with Gasteiger partial charge in [-0.2, -0.15) is 5.26 Å². The van der Waals surface area contributed by atoms with E-state index in [4.69, 9.17) is 9.98 Å². The second kappa shape index (κ2) is 7.60. The molecule has 1 aromatic carbocycles. The summed E-state index contributed by atoms with van der Waals surface area (Å²) in [6.45, 7) is 0.605. The Bertz CT molecular complexity index is 1010. The number of aryl methyl sites for hydroxylation is 1. The fourth-order valence-corrected chi connectivity index (χ4v) is 4.01. The largest absolute Gasteiger partial charge is 0.340 e. The van der Waals surface area contributed by atoms with E-state index in [-0.39, 0.29) is 6.04 Å². The maximum absolute atomic E-state index is 9.24. The highest BCUT2D eigenvalue weighted by Gasteiger charge is 2.27. The maximum Gasteiger partial charge on any atom is 0.204 e. The van der Waals surface area contributed by atoms with E-state index in [9.17, 15) is 5.26 Å². The van der Waals surface area contributed by atoms with Gasteiger partial charge in [0.05, 0.1) is 40.8 Å². The van der Waals surface area contributed by atoms with Gasteiger partial charge in [-0.25, -0.2) is 9.97 Å². The molecule has 0 saturated carbocycles. The summed E-state index contributed by atoms with van der Waals surface area (Å²) in [6, 6.07) is 10.2. The summed E-state index contributed by atoms with van der Waals surface area (Å²) < 4.78 is 3.05. The lowest BCUT2D eigenvalue weighted by atomic mass is 10.2. The predicted octanol–water partition coefficient (Wildman–Crippen LogP) is 2.83. The first-order valence-electron chi connectivity index (χ1n) is 8.71. The van der Waals surface area contributed by atoms with Crippen LogP contribution in [0.1, 0.15) is 12.1 Å². The van der Waals surface area contributed by atoms with E-state index in [0.29, 0.717) is 18.9 Å². The number of rotatable bonds is 5. The predicted molar refractivity (Wildman–Crippen MR) is 108 cm³/mol. The number of imidazole rings is 1. The second-order valence-electron chi connectivity index (χ2n) is 6.25. The first-order chi connectivity index (χ1) is 13.2. The Morgan fingerprint density at radius 1 is 1.37 bits per heavy atom. The van der Waals surface area contributed by atoms with Gasteiger partial charge in [-0.15, -0.1) is 0 Å². The van der Waals surface area contributed by atoms with Crippen LogP contribution in [0.4, 0.5) is 5.13 Å². The molecule has 2 aromatic heterocycles. The van der Waals surface area contributed by atoms with Crippen molar-refractivity contribution in [1.82, 2.24) is 19.9 Å². The van der Waals surface area contributed by atoms with E-state index < -0.39 is 0 Å². The number of nitrogens with zero attached hydrogens (tertiary/aromatic N) is 6. The van der Waals surface area contributed by atoms with Crippen LogP contribution in [0.15, 0.2) is 54.1 Å². The molecule has 0 bridgehead atoms. The standard InChI is InChI=1S/C19H19N7S/c1-25-12-14(23-13-25)7-10-21-18-22-11-8-15(6-9-20)26(18)19-24-16-4-2-3-5-17(16)27-19/h2-5,8,11-13,15H,6-7,10H2,1H3,(H,21,22). The molecule has 27 heavy (non-hydrogen) atoms. The molecule has 1 unspecified atom stereocenters. The summed E-state index contributed by atoms with van der Waals surface area (Å²) in [7, 11) is 1.96. The zero-order valence-electron chi connectivity index (χ0n) is 14.9. The van der Waals surface area contributed by atoms with Crippen LogP contribution in [0.3, 0.4) is 0 Å². The molecule has 3 heterocycles. The van der Waals surface area contributed by atoms with E-state index in [0.717, 1.165) is 27.5 Å². The minimum absolute atomic E-state index is 0.0922. The Labute approximate surface area is 161 Å². The Morgan fingerprint density at radius 3 is 3.04 bits per heavy atom. The summed E-state index contributed by atoms with van der Waals surface area (Å²) in [5.74, 6) is 0.715. The third kappa shape index (κ3) is 3.68. The Kier molecular flexibility index (Phi) is 4.85. The van der Waals surface area contributed by atoms with Crippen LogP contribution in [-0.4, -0.2) is 33.1 Å². The molecule has 1 aliphatic rings. The van der Waals surface area contributed by atoms with Crippen molar-refractivity contribution >= 4 is 32.6 Å². The Morgan fingerprint density at radius 2 is 2.26 bits per heavy atom. The van der Waals surface area contributed by atoms with Crippen molar-refractivity contribution in [3.05, 3.63) is 54.8 Å². The van der Waals surface area contributed by atoms with Gasteiger partial charge in [-0.1, -0.05) is 23.5 Å². The molecule has 1 atom stereocenters. The molecule has 0 amide bonds. The van der Waals surface area contributed by atoms with Gasteiger partial charge in [0.1, 0.15) is 0 Å². The summed E-state index contributed by atoms with van der Waals surface area (Å²) >= 11 is 1.61. The molecular weight excluding hydrogens is 358 g/mol. The highest BCUT2D eigenvalue weighted by atomic mass is 32.1. The maximum atomic E-state index is 9.24. The summed E-state index contributed by atoms with van der Waals surface area (Å²) in [5, 5.41) is 13.3. The topological polar surface area (TPSA) is 82.1 Å². The SMILES string of the molecule is Cn1cnc(CCN=C2NC=CC(CC#N)N2c2nc3ccccc3s2)c1. The number of fused-ring (bicyclic) bond motifs is 1. The van der Waals surface area contributed by atoms with Crippen LogP contribution >= 0.6 is 11.3 Å². The van der Waals surface area contributed by atoms with E-state index in [1.54, 1.807) is 17.7 Å². The fourth-order valence-electron chi connectivity index (χ4n) is 2.99. The van der Waals surface area contributed by atoms with E-state index in [1.165, 1.54) is 0 Å². The molecule has 1 N–H and O–H groups in total. The van der Waals surface area contributed by atoms with Crippen molar-refractivity contribution in [2.75, 3.05) is 11.4 Å². The average Bonchev–Trinajstić information content (AvgIpc) is 3.28. The number of nitrogens with one attached hydrogen (secondary N) is 1. The smallest absolute Gasteiger partial charge is 0.204 e. The molecule has 1 aliphatic heterocycles. The van der Waals surface area contributed by atoms with Gasteiger partial charge < -0.3 is 9.88 Å². The molecular formula is C19H19N7S. The number of anilines is 1. The molecule has 0 aliphatic carbocycles. The van der Waals surface area contributed by atoms with Gasteiger partial charge in [-0.05, 0) is 18.2 Å². The second-order valence-corrected chi connectivity index (χ2v) is 7.26. The Hall–Kier alpha value is -3.18. The lowest BCUT2D eigenvalue weighted by molar-refractivity contribution is 0.768. The number of guanidine groups is 1. The van der Waals surface area contributed by atoms with E-state index >= 15 is 0 Å². The van der Waals surface area contributed by atoms with Crippen molar-refractivity contribution < 1.29 is 0 Å². The number of para-hydroxylation sites is 1. The number of benzene rings is 1. The van der Waals surface area contributed by atoms with Crippen LogP contribution in [-0.2, 0) is 13.5 Å². The first kappa shape index (κ1) is 17.2. The molecule has 0 saturated heterocycles. The third-order valence-corrected chi connectivity index (χ3v) is 5.30. The monoisotopic (exact) mass is 377 g/mol. The minimum atomic E-state index is -0.0922. The molecule has 7 nitrogen and oxygen atoms in total. The molecule has 0 spiro atoms. The average molecular weight is 377 g/mol. The zero-order chi connectivity index (χ0) is 18.6. The molecule has 3 aromatic rings. The highest BCUT2D eigenvalue weighted by molar-refractivity contribution is 7.22. The normalized spacial score (nSPS) is 18.0. The van der Waals surface area contributed by atoms with Crippen LogP contribution in [0, 0.1) is 11.3 Å². The summed E-state index contributed by atoms with van der Waals surface area (Å²) in [6.07, 6.45) is 8.75. The zero-order valence-corrected chi connectivity index (χ0v) is 15.7. The van der Waals surface area contributed by atoms with Gasteiger partial charge in [0.2, 0.25) is 5.96 Å². The molecule has 0 fully saturated rings. The van der Waals surface area contributed by atoms with Gasteiger partial charge in [-0.3, -0.25) is 9.89 Å². The van der Waals surface area contributed by atoms with Crippen LogP contribution in [0.2, 0.25) is 0 Å². The number of nitriles is 1. The van der Waals surface area contributed by atoms with Crippen LogP contribution < -0.4 is 10.2 Å². The number of aliphatic imine (C=N–C) groups is 1. The summed E-state index contributed by atoms with van der Waals surface area (Å²) in [5.41, 5.74) is 1.96. The minimum Gasteiger partial charge on any atom is -0.340 e. The molecule has 0 radical (unpaired) electrons. The Balaban J connectivity index is 1.62. The van der Waals surface area contributed by atoms with E-state index in [1.807, 2.05) is 53.2 Å². The highest BCUT2D eigenvalue weighted by Crippen LogP contribution is 2.31. The van der Waals surface area contributed by atoms with Crippen molar-refractivity contribution in [3.8, 4) is 6.07 Å². The fraction of sp³-hybridized carbons (Fsp3) is 0.263. The van der Waals surface area contributed by atoms with Gasteiger partial charge in [0.25, 0.3) is 0 Å². The number of hydrogen-bond acceptors (Lipinski definition) is 5. The first-order valence-corrected chi connectivity index (χ1v) is 9.52. The van der Waals surface area contributed by atoms with Crippen molar-refractivity contribution in [1.29, 1.82) is 5.26 Å². The lowest BCUT2D eigenvalue weighted by Gasteiger charge is -2.32. The molecule has 136 valence electrons. The van der Waals surface area contributed by atoms with Gasteiger partial charge in [0, 0.05) is 32.4 Å². The van der Waals surface area contributed by atoms with E-state index in [2.05, 4.69) is 22.4 Å². The molecule has 8 heteroatoms. The van der Waals surface area contributed by atoms with Gasteiger partial charge in [0.15, 0.2) is 5.13 Å². The quantitative estimate of drug-likeness (QED) is 0.739. The van der Waals surface area contributed by atoms with Crippen molar-refractivity contribution in [2.45, 2.75) is 18.9 Å². The molecule has 4 rings (SSSR count). The van der Waals surface area contributed by atoms with Crippen molar-refractivity contribution in [2.24, 2.45) is 12.0 Å². The number of hydrogen-bond donors (Lipinski definition) is 1. The lowest BCUT2D eigenvalue weighted by Crippen LogP contribution is -2.48. The number of thiazole rings is 1. The third-order valence-electron chi connectivity index (χ3n) is 4.27. The van der Waals surface area contributed by atoms with Crippen molar-refractivity contribution in [3.63, 3.8) is 0 Å².